The molecule has 11 heavy (non-hydrogen) atoms. The van der Waals surface area contributed by atoms with Gasteiger partial charge in [-0.2, -0.15) is 0 Å². The van der Waals surface area contributed by atoms with E-state index in [0.29, 0.717) is 6.42 Å². The molecule has 0 saturated heterocycles. The van der Waals surface area contributed by atoms with Gasteiger partial charge < -0.3 is 9.21 Å². The van der Waals surface area contributed by atoms with Gasteiger partial charge in [-0.1, -0.05) is 0 Å². The summed E-state index contributed by atoms with van der Waals surface area (Å²) in [7, 11) is 0. The van der Waals surface area contributed by atoms with Gasteiger partial charge >= 0.3 is 0 Å². The number of carbonyl (C=O) groups excluding carboxylic acids is 1. The van der Waals surface area contributed by atoms with Crippen molar-refractivity contribution >= 4 is 6.29 Å². The van der Waals surface area contributed by atoms with Gasteiger partial charge in [0.1, 0.15) is 12.0 Å². The molecule has 0 atom stereocenters. The lowest BCUT2D eigenvalue weighted by Crippen LogP contribution is -1.82. The van der Waals surface area contributed by atoms with E-state index in [1.54, 1.807) is 6.26 Å². The van der Waals surface area contributed by atoms with E-state index in [1.807, 2.05) is 13.0 Å². The van der Waals surface area contributed by atoms with Crippen molar-refractivity contribution in [1.82, 2.24) is 0 Å². The smallest absolute Gasteiger partial charge is 0.120 e. The van der Waals surface area contributed by atoms with Crippen molar-refractivity contribution in [1.29, 1.82) is 0 Å². The summed E-state index contributed by atoms with van der Waals surface area (Å²) < 4.78 is 5.19. The average Bonchev–Trinajstić information content (AvgIpc) is 2.37. The first-order valence-electron chi connectivity index (χ1n) is 3.80. The third kappa shape index (κ3) is 2.58. The summed E-state index contributed by atoms with van der Waals surface area (Å²) in [6, 6.07) is 2.00. The Morgan fingerprint density at radius 2 is 2.45 bits per heavy atom. The third-order valence-electron chi connectivity index (χ3n) is 1.53. The molecule has 1 aromatic rings. The Kier molecular flexibility index (Phi) is 2.90. The fraction of sp³-hybridized carbons (Fsp3) is 0.444. The van der Waals surface area contributed by atoms with Crippen molar-refractivity contribution in [2.75, 3.05) is 0 Å². The largest absolute Gasteiger partial charge is 0.469 e. The molecule has 0 aliphatic carbocycles. The highest BCUT2D eigenvalue weighted by atomic mass is 16.3. The van der Waals surface area contributed by atoms with Gasteiger partial charge in [0, 0.05) is 12.8 Å². The second-order valence-electron chi connectivity index (χ2n) is 2.65. The lowest BCUT2D eigenvalue weighted by atomic mass is 10.2. The molecule has 2 nitrogen and oxygen atoms in total. The number of rotatable bonds is 4. The number of carbonyl (C=O) groups is 1. The number of aryl methyl sites for hydroxylation is 2. The molecule has 0 N–H and O–H groups in total. The molecular weight excluding hydrogens is 140 g/mol. The monoisotopic (exact) mass is 152 g/mol. The molecule has 0 saturated carbocycles. The first-order valence-corrected chi connectivity index (χ1v) is 3.80. The first kappa shape index (κ1) is 8.05. The summed E-state index contributed by atoms with van der Waals surface area (Å²) in [5.41, 5.74) is 1.14. The topological polar surface area (TPSA) is 30.2 Å². The molecule has 0 fully saturated rings. The maximum Gasteiger partial charge on any atom is 0.120 e. The van der Waals surface area contributed by atoms with Crippen molar-refractivity contribution in [3.05, 3.63) is 23.7 Å². The lowest BCUT2D eigenvalue weighted by Gasteiger charge is -1.89. The zero-order valence-electron chi connectivity index (χ0n) is 6.67. The summed E-state index contributed by atoms with van der Waals surface area (Å²) in [6.07, 6.45) is 5.05. The number of hydrogen-bond donors (Lipinski definition) is 0. The van der Waals surface area contributed by atoms with Gasteiger partial charge in [-0.3, -0.25) is 0 Å². The van der Waals surface area contributed by atoms with Crippen LogP contribution in [0.25, 0.3) is 0 Å². The highest BCUT2D eigenvalue weighted by Crippen LogP contribution is 2.08. The lowest BCUT2D eigenvalue weighted by molar-refractivity contribution is -0.107. The van der Waals surface area contributed by atoms with Gasteiger partial charge in [0.05, 0.1) is 6.26 Å². The van der Waals surface area contributed by atoms with Crippen LogP contribution in [0.2, 0.25) is 0 Å². The summed E-state index contributed by atoms with van der Waals surface area (Å²) >= 11 is 0. The second kappa shape index (κ2) is 3.96. The molecule has 0 aliphatic heterocycles. The number of hydrogen-bond acceptors (Lipinski definition) is 2. The van der Waals surface area contributed by atoms with Crippen LogP contribution < -0.4 is 0 Å². The Bertz CT molecular complexity index is 225. The second-order valence-corrected chi connectivity index (χ2v) is 2.65. The van der Waals surface area contributed by atoms with E-state index < -0.39 is 0 Å². The van der Waals surface area contributed by atoms with Crippen LogP contribution in [0.4, 0.5) is 0 Å². The zero-order valence-corrected chi connectivity index (χ0v) is 6.67. The first-order chi connectivity index (χ1) is 5.33. The van der Waals surface area contributed by atoms with E-state index in [4.69, 9.17) is 4.42 Å². The third-order valence-corrected chi connectivity index (χ3v) is 1.53. The predicted octanol–water partition coefficient (Wildman–Crippen LogP) is 2.11. The average molecular weight is 152 g/mol. The minimum atomic E-state index is 0.625. The molecule has 1 heterocycles. The highest BCUT2D eigenvalue weighted by Gasteiger charge is 1.96. The quantitative estimate of drug-likeness (QED) is 0.488. The molecule has 2 heteroatoms. The van der Waals surface area contributed by atoms with E-state index in [0.717, 1.165) is 30.5 Å². The van der Waals surface area contributed by atoms with Gasteiger partial charge in [0.25, 0.3) is 0 Å². The van der Waals surface area contributed by atoms with Crippen LogP contribution >= 0.6 is 0 Å². The molecule has 0 amide bonds. The van der Waals surface area contributed by atoms with Crippen LogP contribution in [0.3, 0.4) is 0 Å². The fourth-order valence-electron chi connectivity index (χ4n) is 0.981. The minimum absolute atomic E-state index is 0.625. The van der Waals surface area contributed by atoms with E-state index in [1.165, 1.54) is 0 Å². The Balaban J connectivity index is 2.32. The molecule has 60 valence electrons. The predicted molar refractivity (Wildman–Crippen MR) is 42.4 cm³/mol. The molecule has 0 aromatic carbocycles. The zero-order chi connectivity index (χ0) is 8.10. The van der Waals surface area contributed by atoms with Crippen LogP contribution in [-0.4, -0.2) is 6.29 Å². The maximum absolute atomic E-state index is 9.97. The Morgan fingerprint density at radius 1 is 1.64 bits per heavy atom. The van der Waals surface area contributed by atoms with Gasteiger partial charge in [-0.15, -0.1) is 0 Å². The Hall–Kier alpha value is -1.05. The molecule has 0 bridgehead atoms. The Morgan fingerprint density at radius 3 is 3.00 bits per heavy atom. The normalized spacial score (nSPS) is 9.91. The van der Waals surface area contributed by atoms with Crippen LogP contribution in [0, 0.1) is 6.92 Å². The van der Waals surface area contributed by atoms with Crippen molar-refractivity contribution in [2.24, 2.45) is 0 Å². The van der Waals surface area contributed by atoms with E-state index in [2.05, 4.69) is 0 Å². The summed E-state index contributed by atoms with van der Waals surface area (Å²) in [5.74, 6) is 0.976. The van der Waals surface area contributed by atoms with Crippen LogP contribution in [-0.2, 0) is 11.2 Å². The number of furan rings is 1. The maximum atomic E-state index is 9.97. The SMILES string of the molecule is Cc1coc(CCCC=O)c1. The number of unbranched alkanes of at least 4 members (excludes halogenated alkanes) is 1. The standard InChI is InChI=1S/C9H12O2/c1-8-6-9(11-7-8)4-2-3-5-10/h5-7H,2-4H2,1H3. The van der Waals surface area contributed by atoms with Crippen molar-refractivity contribution in [3.63, 3.8) is 0 Å². The molecule has 0 spiro atoms. The van der Waals surface area contributed by atoms with Crippen LogP contribution in [0.5, 0.6) is 0 Å². The number of aldehydes is 1. The summed E-state index contributed by atoms with van der Waals surface area (Å²) in [6.45, 7) is 1.99. The molecule has 0 unspecified atom stereocenters. The molecule has 0 aliphatic rings. The van der Waals surface area contributed by atoms with Gasteiger partial charge in [-0.25, -0.2) is 0 Å². The van der Waals surface area contributed by atoms with E-state index in [-0.39, 0.29) is 0 Å². The van der Waals surface area contributed by atoms with Gasteiger partial charge in [0.2, 0.25) is 0 Å². The molecular formula is C9H12O2. The highest BCUT2D eigenvalue weighted by molar-refractivity contribution is 5.49. The Labute approximate surface area is 66.2 Å². The van der Waals surface area contributed by atoms with Crippen LogP contribution in [0.1, 0.15) is 24.2 Å². The van der Waals surface area contributed by atoms with Crippen LogP contribution in [0.15, 0.2) is 16.7 Å². The van der Waals surface area contributed by atoms with Crippen molar-refractivity contribution in [3.8, 4) is 0 Å². The summed E-state index contributed by atoms with van der Waals surface area (Å²) in [4.78, 5) is 9.97. The van der Waals surface area contributed by atoms with Gasteiger partial charge in [-0.05, 0) is 25.0 Å². The summed E-state index contributed by atoms with van der Waals surface area (Å²) in [5, 5.41) is 0. The fourth-order valence-corrected chi connectivity index (χ4v) is 0.981. The molecule has 0 radical (unpaired) electrons. The molecule has 1 rings (SSSR count). The molecule has 1 aromatic heterocycles. The van der Waals surface area contributed by atoms with Crippen molar-refractivity contribution in [2.45, 2.75) is 26.2 Å². The minimum Gasteiger partial charge on any atom is -0.469 e. The van der Waals surface area contributed by atoms with E-state index in [9.17, 15) is 4.79 Å². The van der Waals surface area contributed by atoms with E-state index >= 15 is 0 Å². The van der Waals surface area contributed by atoms with Gasteiger partial charge in [0.15, 0.2) is 0 Å². The van der Waals surface area contributed by atoms with Crippen molar-refractivity contribution < 1.29 is 9.21 Å².